The molecule has 2 heterocycles. The average molecular weight is 437 g/mol. The van der Waals surface area contributed by atoms with Crippen LogP contribution >= 0.6 is 11.8 Å². The number of carbonyl (C=O) groups is 2. The summed E-state index contributed by atoms with van der Waals surface area (Å²) in [5.74, 6) is 2.03. The fraction of sp³-hybridized carbons (Fsp3) is 0.261. The minimum atomic E-state index is -0.290. The molecule has 7 nitrogen and oxygen atoms in total. The number of para-hydroxylation sites is 1. The van der Waals surface area contributed by atoms with Gasteiger partial charge in [-0.25, -0.2) is 4.98 Å². The van der Waals surface area contributed by atoms with Crippen LogP contribution in [0.25, 0.3) is 0 Å². The van der Waals surface area contributed by atoms with Gasteiger partial charge in [0.2, 0.25) is 5.91 Å². The van der Waals surface area contributed by atoms with Crippen LogP contribution in [0.2, 0.25) is 0 Å². The van der Waals surface area contributed by atoms with Crippen molar-refractivity contribution in [2.24, 2.45) is 7.05 Å². The van der Waals surface area contributed by atoms with Crippen molar-refractivity contribution in [3.8, 4) is 11.5 Å². The minimum absolute atomic E-state index is 0.0451. The third-order valence-electron chi connectivity index (χ3n) is 4.94. The van der Waals surface area contributed by atoms with Gasteiger partial charge in [0.15, 0.2) is 0 Å². The highest BCUT2D eigenvalue weighted by Gasteiger charge is 2.27. The zero-order valence-corrected chi connectivity index (χ0v) is 18.0. The number of ether oxygens (including phenoxy) is 1. The highest BCUT2D eigenvalue weighted by atomic mass is 32.2. The van der Waals surface area contributed by atoms with E-state index in [0.29, 0.717) is 12.2 Å². The normalized spacial score (nSPS) is 18.7. The molecule has 4 rings (SSSR count). The van der Waals surface area contributed by atoms with E-state index < -0.39 is 0 Å². The van der Waals surface area contributed by atoms with Crippen molar-refractivity contribution in [2.45, 2.75) is 17.7 Å². The first kappa shape index (κ1) is 21.0. The molecule has 2 atom stereocenters. The topological polar surface area (TPSA) is 85.2 Å². The molecule has 0 unspecified atom stereocenters. The Morgan fingerprint density at radius 1 is 1.19 bits per heavy atom. The third kappa shape index (κ3) is 5.46. The molecule has 1 aliphatic rings. The summed E-state index contributed by atoms with van der Waals surface area (Å²) in [7, 11) is 1.81. The zero-order chi connectivity index (χ0) is 21.6. The second-order valence-electron chi connectivity index (χ2n) is 7.36. The molecule has 2 N–H and O–H groups in total. The number of imidazole rings is 1. The zero-order valence-electron chi connectivity index (χ0n) is 17.2. The Labute approximate surface area is 185 Å². The predicted octanol–water partition coefficient (Wildman–Crippen LogP) is 3.31. The van der Waals surface area contributed by atoms with Gasteiger partial charge in [0, 0.05) is 25.8 Å². The fourth-order valence-corrected chi connectivity index (χ4v) is 4.55. The lowest BCUT2D eigenvalue weighted by atomic mass is 10.1. The Balaban J connectivity index is 1.33. The van der Waals surface area contributed by atoms with Gasteiger partial charge in [-0.3, -0.25) is 9.59 Å². The van der Waals surface area contributed by atoms with Crippen molar-refractivity contribution in [1.29, 1.82) is 0 Å². The molecule has 0 saturated carbocycles. The smallest absolute Gasteiger partial charge is 0.271 e. The standard InChI is InChI=1S/C23H24N4O3S/c1-27-14-20(25-15-27)22(28)24-13-17-11-12-31-21(23(29)26-17)16-7-9-19(10-8-16)30-18-5-3-2-4-6-18/h2-10,14-15,17,21H,11-13H2,1H3,(H,24,28)(H,26,29)/t17-,21+/m1/s1. The Morgan fingerprint density at radius 3 is 2.65 bits per heavy atom. The number of carbonyl (C=O) groups excluding carboxylic acids is 2. The number of amides is 2. The van der Waals surface area contributed by atoms with Crippen LogP contribution in [0.5, 0.6) is 11.5 Å². The molecule has 31 heavy (non-hydrogen) atoms. The largest absolute Gasteiger partial charge is 0.457 e. The second kappa shape index (κ2) is 9.70. The van der Waals surface area contributed by atoms with Gasteiger partial charge in [-0.05, 0) is 42.0 Å². The number of aromatic nitrogens is 2. The van der Waals surface area contributed by atoms with Gasteiger partial charge in [-0.1, -0.05) is 30.3 Å². The summed E-state index contributed by atoms with van der Waals surface area (Å²) >= 11 is 1.61. The fourth-order valence-electron chi connectivity index (χ4n) is 3.33. The van der Waals surface area contributed by atoms with Crippen molar-refractivity contribution in [2.75, 3.05) is 12.3 Å². The molecule has 2 amide bonds. The van der Waals surface area contributed by atoms with Gasteiger partial charge in [-0.2, -0.15) is 0 Å². The summed E-state index contributed by atoms with van der Waals surface area (Å²) in [5, 5.41) is 5.63. The summed E-state index contributed by atoms with van der Waals surface area (Å²) in [6, 6.07) is 17.1. The lowest BCUT2D eigenvalue weighted by Crippen LogP contribution is -2.43. The van der Waals surface area contributed by atoms with Gasteiger partial charge in [0.05, 0.1) is 6.33 Å². The third-order valence-corrected chi connectivity index (χ3v) is 6.23. The van der Waals surface area contributed by atoms with Crippen LogP contribution in [0.1, 0.15) is 27.7 Å². The molecule has 1 fully saturated rings. The Morgan fingerprint density at radius 2 is 1.94 bits per heavy atom. The molecule has 0 radical (unpaired) electrons. The first-order chi connectivity index (χ1) is 15.1. The van der Waals surface area contributed by atoms with Crippen molar-refractivity contribution >= 4 is 23.6 Å². The van der Waals surface area contributed by atoms with Crippen LogP contribution in [-0.2, 0) is 11.8 Å². The van der Waals surface area contributed by atoms with Gasteiger partial charge >= 0.3 is 0 Å². The quantitative estimate of drug-likeness (QED) is 0.619. The van der Waals surface area contributed by atoms with Crippen molar-refractivity contribution in [3.05, 3.63) is 78.4 Å². The molecule has 1 saturated heterocycles. The monoisotopic (exact) mass is 436 g/mol. The summed E-state index contributed by atoms with van der Waals surface area (Å²) in [6.07, 6.45) is 4.03. The van der Waals surface area contributed by atoms with Crippen LogP contribution < -0.4 is 15.4 Å². The van der Waals surface area contributed by atoms with Crippen LogP contribution in [-0.4, -0.2) is 39.7 Å². The Bertz CT molecular complexity index is 1040. The van der Waals surface area contributed by atoms with Crippen LogP contribution in [0.4, 0.5) is 0 Å². The van der Waals surface area contributed by atoms with E-state index in [0.717, 1.165) is 29.2 Å². The van der Waals surface area contributed by atoms with Crippen molar-refractivity contribution in [1.82, 2.24) is 20.2 Å². The van der Waals surface area contributed by atoms with E-state index in [4.69, 9.17) is 4.74 Å². The van der Waals surface area contributed by atoms with Crippen LogP contribution in [0.15, 0.2) is 67.1 Å². The molecule has 3 aromatic rings. The van der Waals surface area contributed by atoms with E-state index in [1.807, 2.05) is 61.6 Å². The lowest BCUT2D eigenvalue weighted by molar-refractivity contribution is -0.121. The molecule has 1 aliphatic heterocycles. The maximum absolute atomic E-state index is 12.8. The van der Waals surface area contributed by atoms with Crippen molar-refractivity contribution < 1.29 is 14.3 Å². The number of aryl methyl sites for hydroxylation is 1. The molecule has 1 aromatic heterocycles. The van der Waals surface area contributed by atoms with E-state index in [-0.39, 0.29) is 23.1 Å². The molecule has 0 bridgehead atoms. The summed E-state index contributed by atoms with van der Waals surface area (Å²) < 4.78 is 7.55. The maximum Gasteiger partial charge on any atom is 0.271 e. The van der Waals surface area contributed by atoms with Crippen LogP contribution in [0, 0.1) is 0 Å². The number of benzene rings is 2. The number of rotatable bonds is 6. The Hall–Kier alpha value is -3.26. The van der Waals surface area contributed by atoms with E-state index >= 15 is 0 Å². The van der Waals surface area contributed by atoms with Crippen LogP contribution in [0.3, 0.4) is 0 Å². The van der Waals surface area contributed by atoms with Gasteiger partial charge in [0.25, 0.3) is 5.91 Å². The molecule has 0 aliphatic carbocycles. The minimum Gasteiger partial charge on any atom is -0.457 e. The molecule has 0 spiro atoms. The number of hydrogen-bond acceptors (Lipinski definition) is 5. The molecule has 8 heteroatoms. The number of nitrogens with one attached hydrogen (secondary N) is 2. The molecule has 2 aromatic carbocycles. The summed E-state index contributed by atoms with van der Waals surface area (Å²) in [5.41, 5.74) is 1.30. The lowest BCUT2D eigenvalue weighted by Gasteiger charge is -2.18. The summed E-state index contributed by atoms with van der Waals surface area (Å²) in [4.78, 5) is 29.1. The predicted molar refractivity (Wildman–Crippen MR) is 120 cm³/mol. The number of hydrogen-bond donors (Lipinski definition) is 2. The highest BCUT2D eigenvalue weighted by Crippen LogP contribution is 2.33. The molecule has 160 valence electrons. The van der Waals surface area contributed by atoms with E-state index in [2.05, 4.69) is 15.6 Å². The van der Waals surface area contributed by atoms with Gasteiger partial charge in [0.1, 0.15) is 22.4 Å². The summed E-state index contributed by atoms with van der Waals surface area (Å²) in [6.45, 7) is 0.373. The van der Waals surface area contributed by atoms with E-state index in [1.165, 1.54) is 0 Å². The Kier molecular flexibility index (Phi) is 6.57. The SMILES string of the molecule is Cn1cnc(C(=O)NC[C@H]2CCS[C@@H](c3ccc(Oc4ccccc4)cc3)C(=O)N2)c1. The maximum atomic E-state index is 12.8. The molecular formula is C23H24N4O3S. The van der Waals surface area contributed by atoms with E-state index in [1.54, 1.807) is 28.9 Å². The first-order valence-electron chi connectivity index (χ1n) is 10.1. The number of nitrogens with zero attached hydrogens (tertiary/aromatic N) is 2. The molecular weight excluding hydrogens is 412 g/mol. The van der Waals surface area contributed by atoms with E-state index in [9.17, 15) is 9.59 Å². The number of thioether (sulfide) groups is 1. The first-order valence-corrected chi connectivity index (χ1v) is 11.1. The van der Waals surface area contributed by atoms with Crippen molar-refractivity contribution in [3.63, 3.8) is 0 Å². The highest BCUT2D eigenvalue weighted by molar-refractivity contribution is 8.00. The average Bonchev–Trinajstić information content (AvgIpc) is 3.13. The van der Waals surface area contributed by atoms with Gasteiger partial charge < -0.3 is 19.9 Å². The second-order valence-corrected chi connectivity index (χ2v) is 8.58. The van der Waals surface area contributed by atoms with Gasteiger partial charge in [-0.15, -0.1) is 11.8 Å².